The van der Waals surface area contributed by atoms with Crippen LogP contribution in [0.15, 0.2) is 28.7 Å². The molecule has 0 saturated heterocycles. The molecule has 0 atom stereocenters. The third kappa shape index (κ3) is 4.83. The Hall–Kier alpha value is -1.03. The van der Waals surface area contributed by atoms with Crippen LogP contribution in [0.3, 0.4) is 0 Å². The molecule has 0 saturated carbocycles. The van der Waals surface area contributed by atoms with E-state index in [0.717, 1.165) is 4.47 Å². The average Bonchev–Trinajstić information content (AvgIpc) is 2.14. The summed E-state index contributed by atoms with van der Waals surface area (Å²) in [6.45, 7) is 3.88. The van der Waals surface area contributed by atoms with E-state index in [9.17, 15) is 4.79 Å². The van der Waals surface area contributed by atoms with E-state index in [1.165, 1.54) is 0 Å². The lowest BCUT2D eigenvalue weighted by molar-refractivity contribution is -0.123. The minimum Gasteiger partial charge on any atom is -0.484 e. The first kappa shape index (κ1) is 12.0. The molecule has 1 aromatic rings. The molecule has 0 aromatic heterocycles. The Morgan fingerprint density at radius 1 is 1.53 bits per heavy atom. The predicted molar refractivity (Wildman–Crippen MR) is 62.9 cm³/mol. The van der Waals surface area contributed by atoms with Gasteiger partial charge in [-0.1, -0.05) is 22.0 Å². The molecule has 15 heavy (non-hydrogen) atoms. The van der Waals surface area contributed by atoms with Gasteiger partial charge in [-0.05, 0) is 32.0 Å². The normalized spacial score (nSPS) is 10.1. The highest BCUT2D eigenvalue weighted by molar-refractivity contribution is 9.10. The molecule has 1 rings (SSSR count). The number of amides is 1. The standard InChI is InChI=1S/C11H14BrNO2/c1-8(2)13-11(14)7-15-10-5-3-4-9(12)6-10/h3-6,8H,7H2,1-2H3,(H,13,14). The fourth-order valence-electron chi connectivity index (χ4n) is 1.07. The van der Waals surface area contributed by atoms with Crippen molar-refractivity contribution in [1.29, 1.82) is 0 Å². The van der Waals surface area contributed by atoms with Crippen LogP contribution in [0.2, 0.25) is 0 Å². The molecule has 0 heterocycles. The molecule has 1 amide bonds. The zero-order valence-electron chi connectivity index (χ0n) is 8.79. The number of halogens is 1. The van der Waals surface area contributed by atoms with Gasteiger partial charge in [-0.3, -0.25) is 4.79 Å². The highest BCUT2D eigenvalue weighted by atomic mass is 79.9. The van der Waals surface area contributed by atoms with Gasteiger partial charge < -0.3 is 10.1 Å². The van der Waals surface area contributed by atoms with Crippen molar-refractivity contribution in [3.8, 4) is 5.75 Å². The number of ether oxygens (including phenoxy) is 1. The van der Waals surface area contributed by atoms with Crippen molar-refractivity contribution in [2.45, 2.75) is 19.9 Å². The highest BCUT2D eigenvalue weighted by Gasteiger charge is 2.03. The third-order valence-electron chi connectivity index (χ3n) is 1.62. The molecule has 4 heteroatoms. The van der Waals surface area contributed by atoms with Crippen molar-refractivity contribution in [3.63, 3.8) is 0 Å². The van der Waals surface area contributed by atoms with Crippen LogP contribution in [-0.4, -0.2) is 18.6 Å². The molecule has 3 nitrogen and oxygen atoms in total. The first-order chi connectivity index (χ1) is 7.08. The second kappa shape index (κ2) is 5.75. The highest BCUT2D eigenvalue weighted by Crippen LogP contribution is 2.17. The average molecular weight is 272 g/mol. The van der Waals surface area contributed by atoms with E-state index in [1.54, 1.807) is 0 Å². The zero-order chi connectivity index (χ0) is 11.3. The number of rotatable bonds is 4. The smallest absolute Gasteiger partial charge is 0.258 e. The van der Waals surface area contributed by atoms with Crippen LogP contribution < -0.4 is 10.1 Å². The lowest BCUT2D eigenvalue weighted by Crippen LogP contribution is -2.34. The van der Waals surface area contributed by atoms with Gasteiger partial charge in [0.15, 0.2) is 6.61 Å². The Morgan fingerprint density at radius 3 is 2.87 bits per heavy atom. The maximum atomic E-state index is 11.3. The van der Waals surface area contributed by atoms with Crippen molar-refractivity contribution in [2.75, 3.05) is 6.61 Å². The zero-order valence-corrected chi connectivity index (χ0v) is 10.4. The Kier molecular flexibility index (Phi) is 4.62. The first-order valence-electron chi connectivity index (χ1n) is 4.75. The number of carbonyl (C=O) groups is 1. The van der Waals surface area contributed by atoms with E-state index in [-0.39, 0.29) is 18.6 Å². The molecule has 0 fully saturated rings. The Balaban J connectivity index is 2.40. The van der Waals surface area contributed by atoms with Gasteiger partial charge in [0, 0.05) is 10.5 Å². The SMILES string of the molecule is CC(C)NC(=O)COc1cccc(Br)c1. The summed E-state index contributed by atoms with van der Waals surface area (Å²) in [6.07, 6.45) is 0. The first-order valence-corrected chi connectivity index (χ1v) is 5.55. The summed E-state index contributed by atoms with van der Waals surface area (Å²) in [5, 5.41) is 2.75. The minimum absolute atomic E-state index is 0.0502. The van der Waals surface area contributed by atoms with Crippen molar-refractivity contribution in [1.82, 2.24) is 5.32 Å². The van der Waals surface area contributed by atoms with Crippen LogP contribution in [0.25, 0.3) is 0 Å². The molecular weight excluding hydrogens is 258 g/mol. The second-order valence-corrected chi connectivity index (χ2v) is 4.38. The molecule has 0 aliphatic carbocycles. The van der Waals surface area contributed by atoms with Crippen LogP contribution in [0.5, 0.6) is 5.75 Å². The summed E-state index contributed by atoms with van der Waals surface area (Å²) < 4.78 is 6.24. The summed E-state index contributed by atoms with van der Waals surface area (Å²) in [5.74, 6) is 0.577. The summed E-state index contributed by atoms with van der Waals surface area (Å²) in [6, 6.07) is 7.54. The number of carbonyl (C=O) groups excluding carboxylic acids is 1. The Morgan fingerprint density at radius 2 is 2.27 bits per heavy atom. The molecule has 0 aliphatic rings. The van der Waals surface area contributed by atoms with Crippen LogP contribution in [-0.2, 0) is 4.79 Å². The number of nitrogens with one attached hydrogen (secondary N) is 1. The molecule has 0 bridgehead atoms. The Bertz CT molecular complexity index is 339. The van der Waals surface area contributed by atoms with Crippen molar-refractivity contribution in [2.24, 2.45) is 0 Å². The molecule has 0 radical (unpaired) electrons. The lowest BCUT2D eigenvalue weighted by atomic mass is 10.3. The van der Waals surface area contributed by atoms with Gasteiger partial charge in [0.2, 0.25) is 0 Å². The minimum atomic E-state index is -0.107. The summed E-state index contributed by atoms with van der Waals surface area (Å²) in [5.41, 5.74) is 0. The van der Waals surface area contributed by atoms with Gasteiger partial charge in [-0.15, -0.1) is 0 Å². The largest absolute Gasteiger partial charge is 0.484 e. The fourth-order valence-corrected chi connectivity index (χ4v) is 1.45. The number of benzene rings is 1. The van der Waals surface area contributed by atoms with E-state index < -0.39 is 0 Å². The molecular formula is C11H14BrNO2. The van der Waals surface area contributed by atoms with E-state index in [2.05, 4.69) is 21.2 Å². The van der Waals surface area contributed by atoms with Gasteiger partial charge in [0.05, 0.1) is 0 Å². The van der Waals surface area contributed by atoms with Gasteiger partial charge in [-0.2, -0.15) is 0 Å². The quantitative estimate of drug-likeness (QED) is 0.913. The molecule has 82 valence electrons. The van der Waals surface area contributed by atoms with E-state index >= 15 is 0 Å². The van der Waals surface area contributed by atoms with Crippen molar-refractivity contribution < 1.29 is 9.53 Å². The van der Waals surface area contributed by atoms with Crippen molar-refractivity contribution in [3.05, 3.63) is 28.7 Å². The number of hydrogen-bond donors (Lipinski definition) is 1. The van der Waals surface area contributed by atoms with Crippen LogP contribution >= 0.6 is 15.9 Å². The van der Waals surface area contributed by atoms with E-state index in [0.29, 0.717) is 5.75 Å². The summed E-state index contributed by atoms with van der Waals surface area (Å²) in [4.78, 5) is 11.3. The maximum Gasteiger partial charge on any atom is 0.258 e. The van der Waals surface area contributed by atoms with Crippen LogP contribution in [0.1, 0.15) is 13.8 Å². The summed E-state index contributed by atoms with van der Waals surface area (Å²) >= 11 is 3.33. The monoisotopic (exact) mass is 271 g/mol. The predicted octanol–water partition coefficient (Wildman–Crippen LogP) is 2.35. The summed E-state index contributed by atoms with van der Waals surface area (Å²) in [7, 11) is 0. The van der Waals surface area contributed by atoms with E-state index in [4.69, 9.17) is 4.74 Å². The second-order valence-electron chi connectivity index (χ2n) is 3.47. The van der Waals surface area contributed by atoms with Gasteiger partial charge in [-0.25, -0.2) is 0 Å². The fraction of sp³-hybridized carbons (Fsp3) is 0.364. The molecule has 0 aliphatic heterocycles. The molecule has 0 spiro atoms. The maximum absolute atomic E-state index is 11.3. The Labute approximate surface area is 97.9 Å². The number of hydrogen-bond acceptors (Lipinski definition) is 2. The third-order valence-corrected chi connectivity index (χ3v) is 2.11. The van der Waals surface area contributed by atoms with Gasteiger partial charge in [0.25, 0.3) is 5.91 Å². The van der Waals surface area contributed by atoms with Crippen LogP contribution in [0.4, 0.5) is 0 Å². The van der Waals surface area contributed by atoms with Gasteiger partial charge >= 0.3 is 0 Å². The molecule has 1 N–H and O–H groups in total. The topological polar surface area (TPSA) is 38.3 Å². The van der Waals surface area contributed by atoms with E-state index in [1.807, 2.05) is 38.1 Å². The van der Waals surface area contributed by atoms with Crippen LogP contribution in [0, 0.1) is 0 Å². The van der Waals surface area contributed by atoms with Gasteiger partial charge in [0.1, 0.15) is 5.75 Å². The molecule has 0 unspecified atom stereocenters. The van der Waals surface area contributed by atoms with Crippen molar-refractivity contribution >= 4 is 21.8 Å². The lowest BCUT2D eigenvalue weighted by Gasteiger charge is -2.09. The molecule has 1 aromatic carbocycles.